The lowest BCUT2D eigenvalue weighted by molar-refractivity contribution is 1.27. The van der Waals surface area contributed by atoms with E-state index in [1.807, 2.05) is 36.4 Å². The first-order chi connectivity index (χ1) is 7.45. The average Bonchev–Trinajstić information content (AvgIpc) is 2.23. The molecule has 0 saturated carbocycles. The molecule has 0 unspecified atom stereocenters. The van der Waals surface area contributed by atoms with Crippen LogP contribution in [0.4, 0.5) is 0 Å². The highest BCUT2D eigenvalue weighted by Gasteiger charge is 1.97. The predicted octanol–water partition coefficient (Wildman–Crippen LogP) is 2.78. The van der Waals surface area contributed by atoms with Gasteiger partial charge in [0.1, 0.15) is 5.84 Å². The highest BCUT2D eigenvalue weighted by molar-refractivity contribution is 5.94. The van der Waals surface area contributed by atoms with E-state index in [0.717, 1.165) is 12.3 Å². The van der Waals surface area contributed by atoms with Gasteiger partial charge in [0, 0.05) is 18.8 Å². The molecule has 0 aliphatic carbocycles. The van der Waals surface area contributed by atoms with Crippen LogP contribution in [0, 0.1) is 0 Å². The Hall–Kier alpha value is -1.96. The van der Waals surface area contributed by atoms with E-state index in [1.165, 1.54) is 5.56 Å². The third kappa shape index (κ3) is 3.02. The molecule has 0 aromatic heterocycles. The maximum atomic E-state index is 4.27. The second-order valence-corrected chi connectivity index (χ2v) is 3.21. The Bertz CT molecular complexity index is 425. The number of rotatable bonds is 2. The van der Waals surface area contributed by atoms with Crippen molar-refractivity contribution in [1.29, 1.82) is 0 Å². The lowest BCUT2D eigenvalue weighted by atomic mass is 10.1. The molecular formula is C13H12N2. The Morgan fingerprint density at radius 1 is 0.933 bits per heavy atom. The van der Waals surface area contributed by atoms with Crippen LogP contribution in [0.1, 0.15) is 5.56 Å². The lowest BCUT2D eigenvalue weighted by Crippen LogP contribution is -1.99. The fraction of sp³-hybridized carbons (Fsp3) is 0.0769. The molecule has 1 heterocycles. The van der Waals surface area contributed by atoms with Gasteiger partial charge in [-0.2, -0.15) is 0 Å². The zero-order valence-corrected chi connectivity index (χ0v) is 8.38. The Labute approximate surface area is 89.4 Å². The minimum atomic E-state index is 0.773. The van der Waals surface area contributed by atoms with E-state index in [2.05, 4.69) is 22.1 Å². The molecule has 0 N–H and O–H groups in total. The smallest absolute Gasteiger partial charge is 0.132 e. The van der Waals surface area contributed by atoms with Crippen LogP contribution in [0.2, 0.25) is 0 Å². The van der Waals surface area contributed by atoms with E-state index in [4.69, 9.17) is 0 Å². The second-order valence-electron chi connectivity index (χ2n) is 3.21. The fourth-order valence-electron chi connectivity index (χ4n) is 1.32. The van der Waals surface area contributed by atoms with Crippen molar-refractivity contribution in [2.24, 2.45) is 9.98 Å². The quantitative estimate of drug-likeness (QED) is 0.695. The van der Waals surface area contributed by atoms with E-state index in [0.29, 0.717) is 0 Å². The average molecular weight is 196 g/mol. The molecule has 0 radical (unpaired) electrons. The molecule has 0 amide bonds. The van der Waals surface area contributed by atoms with E-state index in [9.17, 15) is 0 Å². The molecule has 1 aliphatic heterocycles. The van der Waals surface area contributed by atoms with E-state index in [1.54, 1.807) is 12.4 Å². The van der Waals surface area contributed by atoms with Crippen molar-refractivity contribution in [2.75, 3.05) is 0 Å². The van der Waals surface area contributed by atoms with Crippen molar-refractivity contribution < 1.29 is 0 Å². The number of hydrogen-bond acceptors (Lipinski definition) is 2. The molecule has 2 rings (SSSR count). The zero-order chi connectivity index (χ0) is 10.3. The van der Waals surface area contributed by atoms with Crippen molar-refractivity contribution in [3.05, 3.63) is 60.3 Å². The van der Waals surface area contributed by atoms with Gasteiger partial charge in [0.2, 0.25) is 0 Å². The highest BCUT2D eigenvalue weighted by Crippen LogP contribution is 2.02. The first-order valence-corrected chi connectivity index (χ1v) is 4.91. The summed E-state index contributed by atoms with van der Waals surface area (Å²) in [6.07, 6.45) is 10.0. The van der Waals surface area contributed by atoms with Crippen molar-refractivity contribution in [1.82, 2.24) is 0 Å². The minimum Gasteiger partial charge on any atom is -0.241 e. The summed E-state index contributed by atoms with van der Waals surface area (Å²) in [5, 5.41) is 0. The van der Waals surface area contributed by atoms with Gasteiger partial charge in [0.05, 0.1) is 0 Å². The Morgan fingerprint density at radius 2 is 1.80 bits per heavy atom. The maximum absolute atomic E-state index is 4.27. The fourth-order valence-corrected chi connectivity index (χ4v) is 1.32. The molecule has 0 atom stereocenters. The summed E-state index contributed by atoms with van der Waals surface area (Å²) in [4.78, 5) is 8.53. The highest BCUT2D eigenvalue weighted by atomic mass is 14.9. The van der Waals surface area contributed by atoms with E-state index in [-0.39, 0.29) is 0 Å². The van der Waals surface area contributed by atoms with Crippen LogP contribution in [0.15, 0.2) is 64.7 Å². The van der Waals surface area contributed by atoms with Gasteiger partial charge in [-0.15, -0.1) is 0 Å². The van der Waals surface area contributed by atoms with Crippen molar-refractivity contribution in [2.45, 2.75) is 6.42 Å². The molecule has 0 spiro atoms. The SMILES string of the molecule is C1=C\C=N/C(Cc2ccccc2)=N\C=C/1. The number of allylic oxidation sites excluding steroid dienone is 3. The summed E-state index contributed by atoms with van der Waals surface area (Å²) in [6.45, 7) is 0. The monoisotopic (exact) mass is 196 g/mol. The van der Waals surface area contributed by atoms with Crippen molar-refractivity contribution in [3.63, 3.8) is 0 Å². The Balaban J connectivity index is 2.12. The van der Waals surface area contributed by atoms with Crippen LogP contribution < -0.4 is 0 Å². The van der Waals surface area contributed by atoms with Gasteiger partial charge < -0.3 is 0 Å². The standard InChI is InChI=1S/C13H12N2/c1-3-7-12(8-4-1)11-13-14-9-5-2-6-10-15-13/h1-10H,11H2/b5-2-,6-2?,9-5?,10-6-,14-9-,14-13?,15-10?,15-13-. The van der Waals surface area contributed by atoms with E-state index < -0.39 is 0 Å². The molecule has 0 fully saturated rings. The first kappa shape index (κ1) is 9.59. The maximum Gasteiger partial charge on any atom is 0.132 e. The summed E-state index contributed by atoms with van der Waals surface area (Å²) < 4.78 is 0. The molecule has 1 aromatic rings. The van der Waals surface area contributed by atoms with Gasteiger partial charge >= 0.3 is 0 Å². The molecular weight excluding hydrogens is 184 g/mol. The normalized spacial score (nSPS) is 24.4. The number of benzene rings is 1. The van der Waals surface area contributed by atoms with Crippen molar-refractivity contribution >= 4 is 12.1 Å². The van der Waals surface area contributed by atoms with Gasteiger partial charge in [-0.3, -0.25) is 0 Å². The minimum absolute atomic E-state index is 0.773. The van der Waals surface area contributed by atoms with Gasteiger partial charge in [-0.05, 0) is 17.7 Å². The third-order valence-corrected chi connectivity index (χ3v) is 2.05. The summed E-state index contributed by atoms with van der Waals surface area (Å²) in [7, 11) is 0. The molecule has 15 heavy (non-hydrogen) atoms. The second kappa shape index (κ2) is 5.05. The molecule has 2 nitrogen and oxygen atoms in total. The summed E-state index contributed by atoms with van der Waals surface area (Å²) in [5.41, 5.74) is 1.23. The van der Waals surface area contributed by atoms with Gasteiger partial charge in [0.25, 0.3) is 0 Å². The lowest BCUT2D eigenvalue weighted by Gasteiger charge is -2.00. The van der Waals surface area contributed by atoms with Gasteiger partial charge in [-0.1, -0.05) is 36.4 Å². The summed E-state index contributed by atoms with van der Waals surface area (Å²) >= 11 is 0. The topological polar surface area (TPSA) is 24.7 Å². The van der Waals surface area contributed by atoms with Gasteiger partial charge in [0.15, 0.2) is 0 Å². The van der Waals surface area contributed by atoms with Gasteiger partial charge in [-0.25, -0.2) is 9.98 Å². The molecule has 2 heteroatoms. The number of nitrogens with zero attached hydrogens (tertiary/aromatic N) is 2. The largest absolute Gasteiger partial charge is 0.241 e. The number of hydrogen-bond donors (Lipinski definition) is 0. The van der Waals surface area contributed by atoms with E-state index >= 15 is 0 Å². The Kier molecular flexibility index (Phi) is 3.23. The number of amidine groups is 1. The van der Waals surface area contributed by atoms with Crippen LogP contribution in [-0.4, -0.2) is 12.1 Å². The molecule has 1 aromatic carbocycles. The van der Waals surface area contributed by atoms with Crippen molar-refractivity contribution in [3.8, 4) is 0 Å². The predicted molar refractivity (Wildman–Crippen MR) is 64.4 cm³/mol. The first-order valence-electron chi connectivity index (χ1n) is 4.91. The third-order valence-electron chi connectivity index (χ3n) is 2.05. The summed E-state index contributed by atoms with van der Waals surface area (Å²) in [5.74, 6) is 0.835. The molecule has 74 valence electrons. The molecule has 0 bridgehead atoms. The van der Waals surface area contributed by atoms with Crippen LogP contribution in [0.25, 0.3) is 0 Å². The molecule has 0 saturated heterocycles. The van der Waals surface area contributed by atoms with Crippen LogP contribution in [0.3, 0.4) is 0 Å². The van der Waals surface area contributed by atoms with Crippen LogP contribution >= 0.6 is 0 Å². The van der Waals surface area contributed by atoms with Crippen LogP contribution in [0.5, 0.6) is 0 Å². The Morgan fingerprint density at radius 3 is 2.67 bits per heavy atom. The zero-order valence-electron chi connectivity index (χ0n) is 8.38. The summed E-state index contributed by atoms with van der Waals surface area (Å²) in [6, 6.07) is 10.2. The number of aliphatic imine (C=N–C) groups is 2. The van der Waals surface area contributed by atoms with Crippen LogP contribution in [-0.2, 0) is 6.42 Å². The molecule has 1 aliphatic rings.